The molecule has 1 aliphatic heterocycles. The van der Waals surface area contributed by atoms with Crippen LogP contribution in [0, 0.1) is 5.92 Å². The Labute approximate surface area is 133 Å². The van der Waals surface area contributed by atoms with Crippen LogP contribution in [-0.4, -0.2) is 42.7 Å². The van der Waals surface area contributed by atoms with Crippen molar-refractivity contribution in [2.75, 3.05) is 26.8 Å². The molecular formula is C18H27NO3. The number of benzene rings is 1. The average molecular weight is 305 g/mol. The zero-order valence-corrected chi connectivity index (χ0v) is 13.5. The van der Waals surface area contributed by atoms with Crippen LogP contribution in [0.15, 0.2) is 24.3 Å². The minimum absolute atomic E-state index is 0.196. The van der Waals surface area contributed by atoms with Gasteiger partial charge in [-0.3, -0.25) is 4.79 Å². The summed E-state index contributed by atoms with van der Waals surface area (Å²) >= 11 is 0. The Morgan fingerprint density at radius 2 is 2.09 bits per heavy atom. The zero-order chi connectivity index (χ0) is 15.8. The lowest BCUT2D eigenvalue weighted by molar-refractivity contribution is -0.133. The number of aliphatic hydroxyl groups excluding tert-OH is 1. The predicted octanol–water partition coefficient (Wildman–Crippen LogP) is 2.64. The Bertz CT molecular complexity index is 458. The highest BCUT2D eigenvalue weighted by Gasteiger charge is 2.22. The molecule has 0 spiro atoms. The third-order valence-corrected chi connectivity index (χ3v) is 4.40. The molecule has 0 radical (unpaired) electrons. The standard InChI is InChI=1S/C18H27NO3/c1-22-17-10-8-15(9-11-17)5-2-3-7-18(21)19-12-4-6-16(13-19)14-20/h8-11,16,20H,2-7,12-14H2,1H3. The number of rotatable bonds is 7. The molecule has 0 aliphatic carbocycles. The molecule has 1 amide bonds. The Morgan fingerprint density at radius 3 is 2.77 bits per heavy atom. The van der Waals surface area contributed by atoms with Crippen LogP contribution in [0.25, 0.3) is 0 Å². The molecule has 1 heterocycles. The van der Waals surface area contributed by atoms with Gasteiger partial charge in [0.1, 0.15) is 5.75 Å². The van der Waals surface area contributed by atoms with Crippen LogP contribution in [-0.2, 0) is 11.2 Å². The van der Waals surface area contributed by atoms with Gasteiger partial charge in [0.2, 0.25) is 5.91 Å². The topological polar surface area (TPSA) is 49.8 Å². The number of unbranched alkanes of at least 4 members (excludes halogenated alkanes) is 1. The minimum Gasteiger partial charge on any atom is -0.497 e. The summed E-state index contributed by atoms with van der Waals surface area (Å²) in [5.41, 5.74) is 1.28. The lowest BCUT2D eigenvalue weighted by atomic mass is 9.98. The summed E-state index contributed by atoms with van der Waals surface area (Å²) in [5.74, 6) is 1.40. The number of hydrogen-bond acceptors (Lipinski definition) is 3. The molecule has 1 aromatic carbocycles. The number of ether oxygens (including phenoxy) is 1. The Morgan fingerprint density at radius 1 is 1.32 bits per heavy atom. The number of aliphatic hydroxyl groups is 1. The largest absolute Gasteiger partial charge is 0.497 e. The second kappa shape index (κ2) is 8.79. The molecule has 122 valence electrons. The summed E-state index contributed by atoms with van der Waals surface area (Å²) in [4.78, 5) is 14.1. The lowest BCUT2D eigenvalue weighted by Gasteiger charge is -2.32. The molecule has 0 aromatic heterocycles. The van der Waals surface area contributed by atoms with Gasteiger partial charge in [0.15, 0.2) is 0 Å². The van der Waals surface area contributed by atoms with Gasteiger partial charge in [0, 0.05) is 26.1 Å². The van der Waals surface area contributed by atoms with Gasteiger partial charge in [-0.2, -0.15) is 0 Å². The molecule has 1 saturated heterocycles. The number of aryl methyl sites for hydroxylation is 1. The fraction of sp³-hybridized carbons (Fsp3) is 0.611. The molecule has 22 heavy (non-hydrogen) atoms. The van der Waals surface area contributed by atoms with Crippen molar-refractivity contribution in [3.8, 4) is 5.75 Å². The summed E-state index contributed by atoms with van der Waals surface area (Å²) in [5, 5.41) is 9.22. The maximum absolute atomic E-state index is 12.2. The quantitative estimate of drug-likeness (QED) is 0.788. The minimum atomic E-state index is 0.196. The first-order valence-corrected chi connectivity index (χ1v) is 8.24. The van der Waals surface area contributed by atoms with Gasteiger partial charge < -0.3 is 14.7 Å². The van der Waals surface area contributed by atoms with Crippen LogP contribution in [0.3, 0.4) is 0 Å². The molecule has 1 unspecified atom stereocenters. The van der Waals surface area contributed by atoms with Crippen LogP contribution in [0.5, 0.6) is 5.75 Å². The van der Waals surface area contributed by atoms with E-state index in [1.54, 1.807) is 7.11 Å². The van der Waals surface area contributed by atoms with Crippen LogP contribution in [0.1, 0.15) is 37.7 Å². The number of piperidine rings is 1. The second-order valence-electron chi connectivity index (χ2n) is 6.09. The first-order chi connectivity index (χ1) is 10.7. The van der Waals surface area contributed by atoms with E-state index in [1.165, 1.54) is 5.56 Å². The Kier molecular flexibility index (Phi) is 6.72. The monoisotopic (exact) mass is 305 g/mol. The first-order valence-electron chi connectivity index (χ1n) is 8.24. The van der Waals surface area contributed by atoms with Crippen molar-refractivity contribution >= 4 is 5.91 Å². The molecule has 1 atom stereocenters. The SMILES string of the molecule is COc1ccc(CCCCC(=O)N2CCCC(CO)C2)cc1. The number of likely N-dealkylation sites (tertiary alicyclic amines) is 1. The van der Waals surface area contributed by atoms with Gasteiger partial charge in [0.05, 0.1) is 7.11 Å². The van der Waals surface area contributed by atoms with Gasteiger partial charge in [-0.15, -0.1) is 0 Å². The van der Waals surface area contributed by atoms with Gasteiger partial charge >= 0.3 is 0 Å². The fourth-order valence-corrected chi connectivity index (χ4v) is 3.00. The van der Waals surface area contributed by atoms with E-state index in [1.807, 2.05) is 17.0 Å². The summed E-state index contributed by atoms with van der Waals surface area (Å²) in [6.45, 7) is 1.78. The molecule has 1 fully saturated rings. The van der Waals surface area contributed by atoms with Crippen molar-refractivity contribution in [1.82, 2.24) is 4.90 Å². The predicted molar refractivity (Wildman–Crippen MR) is 86.9 cm³/mol. The number of hydrogen-bond donors (Lipinski definition) is 1. The number of carbonyl (C=O) groups is 1. The normalized spacial score (nSPS) is 18.3. The summed E-state index contributed by atoms with van der Waals surface area (Å²) in [6.07, 6.45) is 5.62. The third-order valence-electron chi connectivity index (χ3n) is 4.40. The number of methoxy groups -OCH3 is 1. The highest BCUT2D eigenvalue weighted by molar-refractivity contribution is 5.76. The van der Waals surface area contributed by atoms with Gasteiger partial charge in [0.25, 0.3) is 0 Å². The van der Waals surface area contributed by atoms with Crippen LogP contribution in [0.2, 0.25) is 0 Å². The van der Waals surface area contributed by atoms with Crippen molar-refractivity contribution < 1.29 is 14.6 Å². The van der Waals surface area contributed by atoms with Crippen LogP contribution in [0.4, 0.5) is 0 Å². The van der Waals surface area contributed by atoms with E-state index >= 15 is 0 Å². The maximum atomic E-state index is 12.2. The van der Waals surface area contributed by atoms with E-state index in [0.29, 0.717) is 6.42 Å². The molecule has 1 N–H and O–H groups in total. The van der Waals surface area contributed by atoms with Crippen molar-refractivity contribution in [2.24, 2.45) is 5.92 Å². The van der Waals surface area contributed by atoms with Crippen molar-refractivity contribution in [3.05, 3.63) is 29.8 Å². The van der Waals surface area contributed by atoms with Crippen LogP contribution < -0.4 is 4.74 Å². The zero-order valence-electron chi connectivity index (χ0n) is 13.5. The van der Waals surface area contributed by atoms with Gasteiger partial charge in [-0.25, -0.2) is 0 Å². The molecule has 2 rings (SSSR count). The second-order valence-corrected chi connectivity index (χ2v) is 6.09. The summed E-state index contributed by atoms with van der Waals surface area (Å²) in [7, 11) is 1.67. The smallest absolute Gasteiger partial charge is 0.222 e. The highest BCUT2D eigenvalue weighted by Crippen LogP contribution is 2.18. The molecule has 1 aromatic rings. The first kappa shape index (κ1) is 16.8. The van der Waals surface area contributed by atoms with Crippen molar-refractivity contribution in [3.63, 3.8) is 0 Å². The maximum Gasteiger partial charge on any atom is 0.222 e. The van der Waals surface area contributed by atoms with E-state index in [9.17, 15) is 9.90 Å². The van der Waals surface area contributed by atoms with E-state index < -0.39 is 0 Å². The highest BCUT2D eigenvalue weighted by atomic mass is 16.5. The van der Waals surface area contributed by atoms with E-state index in [-0.39, 0.29) is 18.4 Å². The van der Waals surface area contributed by atoms with Gasteiger partial charge in [-0.05, 0) is 55.7 Å². The van der Waals surface area contributed by atoms with Crippen LogP contribution >= 0.6 is 0 Å². The summed E-state index contributed by atoms with van der Waals surface area (Å²) < 4.78 is 5.14. The molecule has 4 nitrogen and oxygen atoms in total. The van der Waals surface area contributed by atoms with E-state index in [4.69, 9.17) is 4.74 Å². The summed E-state index contributed by atoms with van der Waals surface area (Å²) in [6, 6.07) is 8.11. The lowest BCUT2D eigenvalue weighted by Crippen LogP contribution is -2.40. The van der Waals surface area contributed by atoms with Crippen molar-refractivity contribution in [1.29, 1.82) is 0 Å². The number of carbonyl (C=O) groups excluding carboxylic acids is 1. The fourth-order valence-electron chi connectivity index (χ4n) is 3.00. The molecule has 0 bridgehead atoms. The third kappa shape index (κ3) is 5.02. The number of amides is 1. The number of nitrogens with zero attached hydrogens (tertiary/aromatic N) is 1. The average Bonchev–Trinajstić information content (AvgIpc) is 2.59. The molecular weight excluding hydrogens is 278 g/mol. The molecule has 0 saturated carbocycles. The van der Waals surface area contributed by atoms with Crippen molar-refractivity contribution in [2.45, 2.75) is 38.5 Å². The van der Waals surface area contributed by atoms with E-state index in [0.717, 1.165) is 50.9 Å². The Hall–Kier alpha value is -1.55. The van der Waals surface area contributed by atoms with Gasteiger partial charge in [-0.1, -0.05) is 12.1 Å². The molecule has 4 heteroatoms. The Balaban J connectivity index is 1.66. The molecule has 1 aliphatic rings. The van der Waals surface area contributed by atoms with E-state index in [2.05, 4.69) is 12.1 Å².